The smallest absolute Gasteiger partial charge is 0.266 e. The van der Waals surface area contributed by atoms with E-state index in [0.29, 0.717) is 25.6 Å². The maximum atomic E-state index is 12.1. The Morgan fingerprint density at radius 2 is 1.96 bits per heavy atom. The molecular weight excluding hydrogens is 375 g/mol. The lowest BCUT2D eigenvalue weighted by Crippen LogP contribution is -1.92. The molecule has 3 rings (SSSR count). The molecule has 1 heterocycles. The highest BCUT2D eigenvalue weighted by atomic mass is 35.5. The van der Waals surface area contributed by atoms with Gasteiger partial charge in [0.05, 0.1) is 10.5 Å². The van der Waals surface area contributed by atoms with Crippen molar-refractivity contribution in [2.45, 2.75) is 0 Å². The molecule has 1 amide bonds. The molecule has 1 aliphatic heterocycles. The third-order valence-corrected chi connectivity index (χ3v) is 4.92. The number of nitrogens with zero attached hydrogens (tertiary/aromatic N) is 2. The fourth-order valence-electron chi connectivity index (χ4n) is 2.16. The summed E-state index contributed by atoms with van der Waals surface area (Å²) in [7, 11) is 0. The van der Waals surface area contributed by atoms with Crippen LogP contribution >= 0.6 is 35.0 Å². The van der Waals surface area contributed by atoms with Crippen LogP contribution in [0.25, 0.3) is 12.2 Å². The van der Waals surface area contributed by atoms with Crippen molar-refractivity contribution in [1.82, 2.24) is 0 Å². The van der Waals surface area contributed by atoms with E-state index in [1.807, 2.05) is 24.3 Å². The summed E-state index contributed by atoms with van der Waals surface area (Å²) in [6.07, 6.45) is 3.34. The quantitative estimate of drug-likeness (QED) is 0.510. The number of thioether (sulfide) groups is 1. The number of aliphatic imine (C=N–C) groups is 1. The number of nitriles is 1. The van der Waals surface area contributed by atoms with Crippen LogP contribution in [0.2, 0.25) is 10.0 Å². The number of rotatable bonds is 3. The Balaban J connectivity index is 1.89. The summed E-state index contributed by atoms with van der Waals surface area (Å²) in [5, 5.41) is 10.9. The molecular formula is C19H10Cl2N2OS. The van der Waals surface area contributed by atoms with Gasteiger partial charge in [-0.2, -0.15) is 5.26 Å². The lowest BCUT2D eigenvalue weighted by Gasteiger charge is -2.00. The first-order valence-electron chi connectivity index (χ1n) is 7.21. The second-order valence-electron chi connectivity index (χ2n) is 5.08. The summed E-state index contributed by atoms with van der Waals surface area (Å²) in [6.45, 7) is 0. The molecule has 2 aromatic rings. The van der Waals surface area contributed by atoms with Crippen LogP contribution in [0.4, 0.5) is 0 Å². The van der Waals surface area contributed by atoms with Crippen molar-refractivity contribution >= 4 is 58.1 Å². The molecule has 0 saturated carbocycles. The molecule has 0 aromatic heterocycles. The molecule has 0 spiro atoms. The van der Waals surface area contributed by atoms with Crippen molar-refractivity contribution in [1.29, 1.82) is 5.26 Å². The largest absolute Gasteiger partial charge is 0.284 e. The lowest BCUT2D eigenvalue weighted by atomic mass is 10.1. The molecule has 122 valence electrons. The van der Waals surface area contributed by atoms with Crippen molar-refractivity contribution in [3.05, 3.63) is 80.2 Å². The molecule has 0 N–H and O–H groups in total. The van der Waals surface area contributed by atoms with Gasteiger partial charge in [-0.15, -0.1) is 0 Å². The van der Waals surface area contributed by atoms with Gasteiger partial charge in [-0.05, 0) is 41.5 Å². The molecule has 6 heteroatoms. The first kappa shape index (κ1) is 17.5. The van der Waals surface area contributed by atoms with Crippen LogP contribution < -0.4 is 0 Å². The zero-order valence-corrected chi connectivity index (χ0v) is 15.1. The van der Waals surface area contributed by atoms with Crippen LogP contribution in [0, 0.1) is 11.3 Å². The van der Waals surface area contributed by atoms with E-state index in [9.17, 15) is 10.1 Å². The minimum Gasteiger partial charge on any atom is -0.266 e. The third kappa shape index (κ3) is 4.21. The Bertz CT molecular complexity index is 987. The van der Waals surface area contributed by atoms with Crippen molar-refractivity contribution in [2.24, 2.45) is 4.99 Å². The SMILES string of the molecule is N#C/C(=C\c1cccc(Cl)c1)C1=NC(=O)/C(=C/c2ccccc2Cl)S1. The average molecular weight is 385 g/mol. The Hall–Kier alpha value is -2.32. The molecule has 0 radical (unpaired) electrons. The van der Waals surface area contributed by atoms with Crippen molar-refractivity contribution < 1.29 is 4.79 Å². The number of benzene rings is 2. The van der Waals surface area contributed by atoms with E-state index >= 15 is 0 Å². The zero-order chi connectivity index (χ0) is 17.8. The van der Waals surface area contributed by atoms with E-state index in [1.165, 1.54) is 0 Å². The van der Waals surface area contributed by atoms with Crippen LogP contribution in [0.1, 0.15) is 11.1 Å². The molecule has 3 nitrogen and oxygen atoms in total. The summed E-state index contributed by atoms with van der Waals surface area (Å²) in [5.41, 5.74) is 1.81. The fourth-order valence-corrected chi connectivity index (χ4v) is 3.42. The maximum Gasteiger partial charge on any atom is 0.284 e. The number of carbonyl (C=O) groups excluding carboxylic acids is 1. The topological polar surface area (TPSA) is 53.2 Å². The molecule has 2 aromatic carbocycles. The van der Waals surface area contributed by atoms with E-state index in [2.05, 4.69) is 11.1 Å². The molecule has 0 atom stereocenters. The minimum absolute atomic E-state index is 0.308. The van der Waals surface area contributed by atoms with Crippen LogP contribution in [0.5, 0.6) is 0 Å². The summed E-state index contributed by atoms with van der Waals surface area (Å²) < 4.78 is 0. The molecule has 1 aliphatic rings. The van der Waals surface area contributed by atoms with Gasteiger partial charge in [0.25, 0.3) is 5.91 Å². The van der Waals surface area contributed by atoms with Gasteiger partial charge in [-0.3, -0.25) is 4.79 Å². The van der Waals surface area contributed by atoms with Crippen LogP contribution in [0.3, 0.4) is 0 Å². The highest BCUT2D eigenvalue weighted by molar-refractivity contribution is 8.19. The van der Waals surface area contributed by atoms with Crippen LogP contribution in [-0.4, -0.2) is 11.0 Å². The second kappa shape index (κ2) is 7.71. The summed E-state index contributed by atoms with van der Waals surface area (Å²) >= 11 is 13.2. The number of halogens is 2. The number of carbonyl (C=O) groups is 1. The molecule has 0 aliphatic carbocycles. The van der Waals surface area contributed by atoms with Gasteiger partial charge in [0.15, 0.2) is 0 Å². The first-order valence-corrected chi connectivity index (χ1v) is 8.79. The molecule has 0 saturated heterocycles. The van der Waals surface area contributed by atoms with Gasteiger partial charge in [0.1, 0.15) is 11.1 Å². The third-order valence-electron chi connectivity index (χ3n) is 3.32. The van der Waals surface area contributed by atoms with E-state index in [4.69, 9.17) is 23.2 Å². The van der Waals surface area contributed by atoms with E-state index in [0.717, 1.165) is 22.9 Å². The highest BCUT2D eigenvalue weighted by Crippen LogP contribution is 2.33. The Labute approximate surface area is 159 Å². The van der Waals surface area contributed by atoms with Gasteiger partial charge >= 0.3 is 0 Å². The monoisotopic (exact) mass is 384 g/mol. The van der Waals surface area contributed by atoms with Crippen molar-refractivity contribution in [3.8, 4) is 6.07 Å². The first-order chi connectivity index (χ1) is 12.1. The maximum absolute atomic E-state index is 12.1. The van der Waals surface area contributed by atoms with E-state index < -0.39 is 0 Å². The lowest BCUT2D eigenvalue weighted by molar-refractivity contribution is -0.113. The standard InChI is InChI=1S/C19H10Cl2N2OS/c20-15-6-3-4-12(9-15)8-14(11-22)19-23-18(24)17(25-19)10-13-5-1-2-7-16(13)21/h1-10H/b14-8+,17-10-. The Morgan fingerprint density at radius 1 is 1.16 bits per heavy atom. The average Bonchev–Trinajstić information content (AvgIpc) is 2.95. The normalized spacial score (nSPS) is 16.0. The predicted octanol–water partition coefficient (Wildman–Crippen LogP) is 5.61. The van der Waals surface area contributed by atoms with Gasteiger partial charge in [-0.25, -0.2) is 4.99 Å². The molecule has 0 unspecified atom stereocenters. The van der Waals surface area contributed by atoms with Crippen molar-refractivity contribution in [3.63, 3.8) is 0 Å². The van der Waals surface area contributed by atoms with E-state index in [1.54, 1.807) is 36.4 Å². The Kier molecular flexibility index (Phi) is 5.40. The summed E-state index contributed by atoms with van der Waals surface area (Å²) in [5.74, 6) is -0.382. The van der Waals surface area contributed by atoms with Crippen molar-refractivity contribution in [2.75, 3.05) is 0 Å². The predicted molar refractivity (Wildman–Crippen MR) is 105 cm³/mol. The number of hydrogen-bond acceptors (Lipinski definition) is 3. The van der Waals surface area contributed by atoms with Gasteiger partial charge in [-0.1, -0.05) is 65.3 Å². The van der Waals surface area contributed by atoms with Gasteiger partial charge < -0.3 is 0 Å². The number of amides is 1. The number of hydrogen-bond donors (Lipinski definition) is 0. The zero-order valence-electron chi connectivity index (χ0n) is 12.7. The van der Waals surface area contributed by atoms with Gasteiger partial charge in [0.2, 0.25) is 0 Å². The van der Waals surface area contributed by atoms with Crippen LogP contribution in [-0.2, 0) is 4.79 Å². The molecule has 0 bridgehead atoms. The molecule has 25 heavy (non-hydrogen) atoms. The second-order valence-corrected chi connectivity index (χ2v) is 6.95. The highest BCUT2D eigenvalue weighted by Gasteiger charge is 2.24. The van der Waals surface area contributed by atoms with Gasteiger partial charge in [0, 0.05) is 10.0 Å². The minimum atomic E-state index is -0.382. The summed E-state index contributed by atoms with van der Waals surface area (Å²) in [6, 6.07) is 16.4. The van der Waals surface area contributed by atoms with E-state index in [-0.39, 0.29) is 5.91 Å². The fraction of sp³-hybridized carbons (Fsp3) is 0. The molecule has 0 fully saturated rings. The van der Waals surface area contributed by atoms with Crippen LogP contribution in [0.15, 0.2) is 64.0 Å². The summed E-state index contributed by atoms with van der Waals surface area (Å²) in [4.78, 5) is 16.6. The Morgan fingerprint density at radius 3 is 2.68 bits per heavy atom.